The quantitative estimate of drug-likeness (QED) is 0.891. The zero-order valence-electron chi connectivity index (χ0n) is 15.2. The lowest BCUT2D eigenvalue weighted by Crippen LogP contribution is -2.41. The van der Waals surface area contributed by atoms with Crippen molar-refractivity contribution in [3.05, 3.63) is 34.7 Å². The van der Waals surface area contributed by atoms with Crippen LogP contribution < -0.4 is 4.74 Å². The van der Waals surface area contributed by atoms with Crippen molar-refractivity contribution in [3.63, 3.8) is 0 Å². The van der Waals surface area contributed by atoms with E-state index in [0.29, 0.717) is 12.4 Å². The summed E-state index contributed by atoms with van der Waals surface area (Å²) in [6.07, 6.45) is 0. The van der Waals surface area contributed by atoms with Crippen molar-refractivity contribution in [3.8, 4) is 21.9 Å². The Hall–Kier alpha value is -1.60. The summed E-state index contributed by atoms with van der Waals surface area (Å²) < 4.78 is 11.3. The number of ether oxygens (including phenoxy) is 2. The predicted molar refractivity (Wildman–Crippen MR) is 104 cm³/mol. The van der Waals surface area contributed by atoms with Crippen molar-refractivity contribution in [1.29, 1.82) is 0 Å². The van der Waals surface area contributed by atoms with Gasteiger partial charge in [-0.05, 0) is 36.8 Å². The Morgan fingerprint density at radius 1 is 1.04 bits per heavy atom. The lowest BCUT2D eigenvalue weighted by molar-refractivity contribution is 0.0327. The fourth-order valence-corrected chi connectivity index (χ4v) is 4.44. The van der Waals surface area contributed by atoms with Gasteiger partial charge in [-0.1, -0.05) is 0 Å². The Morgan fingerprint density at radius 3 is 2.58 bits per heavy atom. The van der Waals surface area contributed by atoms with Gasteiger partial charge in [-0.15, -0.1) is 11.3 Å². The monoisotopic (exact) mass is 374 g/mol. The van der Waals surface area contributed by atoms with Crippen LogP contribution in [0.4, 0.5) is 0 Å². The van der Waals surface area contributed by atoms with Crippen LogP contribution in [-0.2, 0) is 11.3 Å². The van der Waals surface area contributed by atoms with Gasteiger partial charge in [-0.3, -0.25) is 9.80 Å². The number of hydrogen-bond donors (Lipinski definition) is 1. The number of phenolic OH excluding ortho intramolecular Hbond substituents is 1. The number of aromatic hydroxyl groups is 1. The Morgan fingerprint density at radius 2 is 1.81 bits per heavy atom. The summed E-state index contributed by atoms with van der Waals surface area (Å²) in [4.78, 5) is 7.34. The highest BCUT2D eigenvalue weighted by molar-refractivity contribution is 7.15. The standard InChI is InChI=1S/C20H26N2O3S/c1-15-2-3-19(26-15)16-12-17-14-22(5-4-21-6-9-24-10-7-21)8-11-25-20(17)18(23)13-16/h2-3,12-13,23H,4-11,14H2,1H3. The molecule has 0 amide bonds. The van der Waals surface area contributed by atoms with Gasteiger partial charge in [0.25, 0.3) is 0 Å². The Kier molecular flexibility index (Phi) is 5.45. The highest BCUT2D eigenvalue weighted by Gasteiger charge is 2.21. The molecular weight excluding hydrogens is 348 g/mol. The smallest absolute Gasteiger partial charge is 0.165 e. The van der Waals surface area contributed by atoms with E-state index in [1.807, 2.05) is 6.07 Å². The zero-order chi connectivity index (χ0) is 17.9. The van der Waals surface area contributed by atoms with Gasteiger partial charge in [0.1, 0.15) is 6.61 Å². The number of nitrogens with zero attached hydrogens (tertiary/aromatic N) is 2. The van der Waals surface area contributed by atoms with E-state index >= 15 is 0 Å². The number of aryl methyl sites for hydroxylation is 1. The molecule has 0 unspecified atom stereocenters. The van der Waals surface area contributed by atoms with Gasteiger partial charge in [0, 0.05) is 54.6 Å². The minimum Gasteiger partial charge on any atom is -0.504 e. The third-order valence-corrected chi connectivity index (χ3v) is 6.10. The predicted octanol–water partition coefficient (Wildman–Crippen LogP) is 2.96. The van der Waals surface area contributed by atoms with Crippen LogP contribution in [0.1, 0.15) is 10.4 Å². The third-order valence-electron chi connectivity index (χ3n) is 5.06. The van der Waals surface area contributed by atoms with E-state index in [1.54, 1.807) is 11.3 Å². The molecule has 0 radical (unpaired) electrons. The maximum Gasteiger partial charge on any atom is 0.165 e. The van der Waals surface area contributed by atoms with Gasteiger partial charge in [0.15, 0.2) is 11.5 Å². The zero-order valence-corrected chi connectivity index (χ0v) is 16.1. The van der Waals surface area contributed by atoms with Crippen LogP contribution in [0, 0.1) is 6.92 Å². The van der Waals surface area contributed by atoms with E-state index in [2.05, 4.69) is 34.9 Å². The molecule has 0 spiro atoms. The fourth-order valence-electron chi connectivity index (χ4n) is 3.58. The van der Waals surface area contributed by atoms with Gasteiger partial charge in [-0.25, -0.2) is 0 Å². The maximum atomic E-state index is 10.5. The summed E-state index contributed by atoms with van der Waals surface area (Å²) in [7, 11) is 0. The second-order valence-electron chi connectivity index (χ2n) is 6.97. The van der Waals surface area contributed by atoms with E-state index in [-0.39, 0.29) is 5.75 Å². The van der Waals surface area contributed by atoms with Gasteiger partial charge < -0.3 is 14.6 Å². The molecule has 0 bridgehead atoms. The molecule has 6 heteroatoms. The molecule has 2 aromatic rings. The molecule has 1 N–H and O–H groups in total. The maximum absolute atomic E-state index is 10.5. The fraction of sp³-hybridized carbons (Fsp3) is 0.500. The van der Waals surface area contributed by atoms with Crippen LogP contribution in [0.15, 0.2) is 24.3 Å². The van der Waals surface area contributed by atoms with Crippen LogP contribution in [0.5, 0.6) is 11.5 Å². The largest absolute Gasteiger partial charge is 0.504 e. The summed E-state index contributed by atoms with van der Waals surface area (Å²) >= 11 is 1.75. The summed E-state index contributed by atoms with van der Waals surface area (Å²) in [6.45, 7) is 10.2. The highest BCUT2D eigenvalue weighted by atomic mass is 32.1. The number of benzene rings is 1. The average Bonchev–Trinajstić information content (AvgIpc) is 2.97. The lowest BCUT2D eigenvalue weighted by Gasteiger charge is -2.29. The number of hydrogen-bond acceptors (Lipinski definition) is 6. The summed E-state index contributed by atoms with van der Waals surface area (Å²) in [5.74, 6) is 0.898. The minimum absolute atomic E-state index is 0.249. The summed E-state index contributed by atoms with van der Waals surface area (Å²) in [6, 6.07) is 8.24. The van der Waals surface area contributed by atoms with Crippen LogP contribution in [0.25, 0.3) is 10.4 Å². The first-order valence-corrected chi connectivity index (χ1v) is 10.1. The van der Waals surface area contributed by atoms with E-state index < -0.39 is 0 Å². The first-order valence-electron chi connectivity index (χ1n) is 9.27. The number of thiophene rings is 1. The first kappa shape index (κ1) is 17.8. The molecule has 0 saturated carbocycles. The van der Waals surface area contributed by atoms with Gasteiger partial charge in [0.05, 0.1) is 13.2 Å². The molecule has 2 aliphatic heterocycles. The molecule has 3 heterocycles. The molecule has 0 atom stereocenters. The molecule has 2 aliphatic rings. The van der Waals surface area contributed by atoms with Gasteiger partial charge >= 0.3 is 0 Å². The van der Waals surface area contributed by atoms with E-state index in [1.165, 1.54) is 9.75 Å². The molecule has 1 saturated heterocycles. The van der Waals surface area contributed by atoms with Crippen LogP contribution in [0.2, 0.25) is 0 Å². The number of rotatable bonds is 4. The van der Waals surface area contributed by atoms with Gasteiger partial charge in [0.2, 0.25) is 0 Å². The normalized spacial score (nSPS) is 19.0. The Bertz CT molecular complexity index is 756. The first-order chi connectivity index (χ1) is 12.7. The Labute approximate surface area is 158 Å². The van der Waals surface area contributed by atoms with Crippen molar-refractivity contribution >= 4 is 11.3 Å². The number of phenols is 1. The van der Waals surface area contributed by atoms with Crippen molar-refractivity contribution in [2.45, 2.75) is 13.5 Å². The molecule has 1 aromatic carbocycles. The van der Waals surface area contributed by atoms with E-state index in [0.717, 1.165) is 63.6 Å². The molecule has 26 heavy (non-hydrogen) atoms. The number of fused-ring (bicyclic) bond motifs is 1. The van der Waals surface area contributed by atoms with Gasteiger partial charge in [-0.2, -0.15) is 0 Å². The molecule has 140 valence electrons. The molecule has 4 rings (SSSR count). The molecular formula is C20H26N2O3S. The van der Waals surface area contributed by atoms with Crippen molar-refractivity contribution in [2.75, 3.05) is 52.5 Å². The summed E-state index contributed by atoms with van der Waals surface area (Å²) in [5.41, 5.74) is 2.14. The topological polar surface area (TPSA) is 45.2 Å². The van der Waals surface area contributed by atoms with Crippen LogP contribution in [0.3, 0.4) is 0 Å². The second-order valence-corrected chi connectivity index (χ2v) is 8.26. The van der Waals surface area contributed by atoms with Crippen molar-refractivity contribution in [2.24, 2.45) is 0 Å². The lowest BCUT2D eigenvalue weighted by atomic mass is 10.1. The minimum atomic E-state index is 0.249. The van der Waals surface area contributed by atoms with Crippen LogP contribution in [-0.4, -0.2) is 67.5 Å². The van der Waals surface area contributed by atoms with Crippen LogP contribution >= 0.6 is 11.3 Å². The molecule has 5 nitrogen and oxygen atoms in total. The summed E-state index contributed by atoms with van der Waals surface area (Å²) in [5, 5.41) is 10.5. The molecule has 1 aromatic heterocycles. The number of morpholine rings is 1. The average molecular weight is 375 g/mol. The SMILES string of the molecule is Cc1ccc(-c2cc(O)c3c(c2)CN(CCN2CCOCC2)CCO3)s1. The molecule has 1 fully saturated rings. The second kappa shape index (κ2) is 7.96. The van der Waals surface area contributed by atoms with E-state index in [9.17, 15) is 5.11 Å². The Balaban J connectivity index is 1.50. The molecule has 0 aliphatic carbocycles. The van der Waals surface area contributed by atoms with E-state index in [4.69, 9.17) is 9.47 Å². The third kappa shape index (κ3) is 4.04. The van der Waals surface area contributed by atoms with Crippen molar-refractivity contribution < 1.29 is 14.6 Å². The highest BCUT2D eigenvalue weighted by Crippen LogP contribution is 2.39. The van der Waals surface area contributed by atoms with Crippen molar-refractivity contribution in [1.82, 2.24) is 9.80 Å².